The van der Waals surface area contributed by atoms with Gasteiger partial charge in [-0.1, -0.05) is 6.92 Å². The number of aromatic nitrogens is 1. The highest BCUT2D eigenvalue weighted by atomic mass is 15.2. The normalized spacial score (nSPS) is 23.9. The molecule has 0 radical (unpaired) electrons. The van der Waals surface area contributed by atoms with Crippen molar-refractivity contribution in [3.05, 3.63) is 24.0 Å². The largest absolute Gasteiger partial charge is 0.367 e. The predicted octanol–water partition coefficient (Wildman–Crippen LogP) is 3.59. The van der Waals surface area contributed by atoms with E-state index in [-0.39, 0.29) is 5.54 Å². The molecule has 1 fully saturated rings. The Labute approximate surface area is 123 Å². The number of anilines is 1. The lowest BCUT2D eigenvalue weighted by Gasteiger charge is -2.40. The van der Waals surface area contributed by atoms with E-state index in [1.807, 2.05) is 12.4 Å². The van der Waals surface area contributed by atoms with Gasteiger partial charge in [0, 0.05) is 30.9 Å². The molecule has 3 nitrogen and oxygen atoms in total. The molecule has 1 N–H and O–H groups in total. The summed E-state index contributed by atoms with van der Waals surface area (Å²) in [6.45, 7) is 13.4. The van der Waals surface area contributed by atoms with Gasteiger partial charge < -0.3 is 10.2 Å². The monoisotopic (exact) mass is 275 g/mol. The Kier molecular flexibility index (Phi) is 4.69. The van der Waals surface area contributed by atoms with Crippen LogP contribution in [-0.4, -0.2) is 23.1 Å². The summed E-state index contributed by atoms with van der Waals surface area (Å²) >= 11 is 0. The standard InChI is InChI=1S/C17H29N3/c1-13-7-6-10-20(14(13)2)16-12-18-9-8-15(16)11-19-17(3,4)5/h8-9,12-14,19H,6-7,10-11H2,1-5H3. The number of pyridine rings is 1. The fourth-order valence-electron chi connectivity index (χ4n) is 2.86. The van der Waals surface area contributed by atoms with Crippen molar-refractivity contribution in [3.8, 4) is 0 Å². The van der Waals surface area contributed by atoms with Crippen molar-refractivity contribution in [1.82, 2.24) is 10.3 Å². The first-order valence-electron chi connectivity index (χ1n) is 7.83. The number of piperidine rings is 1. The molecule has 0 aliphatic carbocycles. The van der Waals surface area contributed by atoms with Crippen molar-refractivity contribution in [2.24, 2.45) is 5.92 Å². The second kappa shape index (κ2) is 6.13. The first kappa shape index (κ1) is 15.3. The van der Waals surface area contributed by atoms with Gasteiger partial charge in [0.2, 0.25) is 0 Å². The number of nitrogens with zero attached hydrogens (tertiary/aromatic N) is 2. The third-order valence-corrected chi connectivity index (χ3v) is 4.38. The maximum atomic E-state index is 4.35. The molecule has 2 heterocycles. The first-order chi connectivity index (χ1) is 9.38. The van der Waals surface area contributed by atoms with Crippen LogP contribution in [0.1, 0.15) is 53.0 Å². The summed E-state index contributed by atoms with van der Waals surface area (Å²) < 4.78 is 0. The zero-order valence-electron chi connectivity index (χ0n) is 13.6. The smallest absolute Gasteiger partial charge is 0.0600 e. The van der Waals surface area contributed by atoms with E-state index in [2.05, 4.69) is 55.9 Å². The van der Waals surface area contributed by atoms with Crippen LogP contribution in [0.5, 0.6) is 0 Å². The molecule has 0 aromatic carbocycles. The Morgan fingerprint density at radius 2 is 2.10 bits per heavy atom. The lowest BCUT2D eigenvalue weighted by atomic mass is 9.91. The molecule has 1 saturated heterocycles. The summed E-state index contributed by atoms with van der Waals surface area (Å²) in [6.07, 6.45) is 6.56. The van der Waals surface area contributed by atoms with Crippen LogP contribution < -0.4 is 10.2 Å². The van der Waals surface area contributed by atoms with Gasteiger partial charge in [0.25, 0.3) is 0 Å². The summed E-state index contributed by atoms with van der Waals surface area (Å²) in [5, 5.41) is 3.59. The molecule has 0 bridgehead atoms. The predicted molar refractivity (Wildman–Crippen MR) is 86.0 cm³/mol. The van der Waals surface area contributed by atoms with E-state index >= 15 is 0 Å². The van der Waals surface area contributed by atoms with Crippen LogP contribution in [0.15, 0.2) is 18.5 Å². The molecule has 3 heteroatoms. The van der Waals surface area contributed by atoms with Gasteiger partial charge >= 0.3 is 0 Å². The Morgan fingerprint density at radius 1 is 1.35 bits per heavy atom. The van der Waals surface area contributed by atoms with Crippen molar-refractivity contribution in [1.29, 1.82) is 0 Å². The average Bonchev–Trinajstić information content (AvgIpc) is 2.39. The van der Waals surface area contributed by atoms with Crippen LogP contribution in [0.2, 0.25) is 0 Å². The Balaban J connectivity index is 2.18. The average molecular weight is 275 g/mol. The number of rotatable bonds is 3. The molecule has 0 amide bonds. The summed E-state index contributed by atoms with van der Waals surface area (Å²) in [5.41, 5.74) is 2.81. The topological polar surface area (TPSA) is 28.2 Å². The van der Waals surface area contributed by atoms with Gasteiger partial charge in [0.1, 0.15) is 0 Å². The van der Waals surface area contributed by atoms with E-state index in [1.54, 1.807) is 0 Å². The summed E-state index contributed by atoms with van der Waals surface area (Å²) in [7, 11) is 0. The van der Waals surface area contributed by atoms with Crippen molar-refractivity contribution < 1.29 is 0 Å². The Bertz CT molecular complexity index is 436. The van der Waals surface area contributed by atoms with Gasteiger partial charge in [-0.05, 0) is 58.1 Å². The van der Waals surface area contributed by atoms with Crippen molar-refractivity contribution >= 4 is 5.69 Å². The molecule has 1 aliphatic heterocycles. The molecule has 1 aliphatic rings. The van der Waals surface area contributed by atoms with E-state index in [4.69, 9.17) is 0 Å². The molecule has 2 rings (SSSR count). The highest BCUT2D eigenvalue weighted by molar-refractivity contribution is 5.53. The lowest BCUT2D eigenvalue weighted by Crippen LogP contribution is -2.43. The van der Waals surface area contributed by atoms with Crippen LogP contribution in [0.3, 0.4) is 0 Å². The van der Waals surface area contributed by atoms with Crippen LogP contribution in [-0.2, 0) is 6.54 Å². The quantitative estimate of drug-likeness (QED) is 0.913. The minimum absolute atomic E-state index is 0.140. The molecule has 1 aromatic heterocycles. The summed E-state index contributed by atoms with van der Waals surface area (Å²) in [4.78, 5) is 6.90. The second-order valence-electron chi connectivity index (χ2n) is 7.16. The first-order valence-corrected chi connectivity index (χ1v) is 7.83. The van der Waals surface area contributed by atoms with E-state index < -0.39 is 0 Å². The van der Waals surface area contributed by atoms with Crippen molar-refractivity contribution in [3.63, 3.8) is 0 Å². The summed E-state index contributed by atoms with van der Waals surface area (Å²) in [5.74, 6) is 0.757. The molecule has 2 unspecified atom stereocenters. The van der Waals surface area contributed by atoms with Crippen molar-refractivity contribution in [2.45, 2.75) is 65.6 Å². The van der Waals surface area contributed by atoms with Crippen LogP contribution in [0.4, 0.5) is 5.69 Å². The zero-order chi connectivity index (χ0) is 14.8. The third kappa shape index (κ3) is 3.72. The number of hydrogen-bond acceptors (Lipinski definition) is 3. The SMILES string of the molecule is CC1CCCN(c2cnccc2CNC(C)(C)C)C1C. The minimum atomic E-state index is 0.140. The van der Waals surface area contributed by atoms with Gasteiger partial charge in [0.15, 0.2) is 0 Å². The number of nitrogens with one attached hydrogen (secondary N) is 1. The fraction of sp³-hybridized carbons (Fsp3) is 0.706. The van der Waals surface area contributed by atoms with Gasteiger partial charge in [-0.25, -0.2) is 0 Å². The van der Waals surface area contributed by atoms with Gasteiger partial charge in [-0.2, -0.15) is 0 Å². The van der Waals surface area contributed by atoms with Crippen LogP contribution >= 0.6 is 0 Å². The van der Waals surface area contributed by atoms with Gasteiger partial charge in [-0.3, -0.25) is 4.98 Å². The molecule has 0 saturated carbocycles. The lowest BCUT2D eigenvalue weighted by molar-refractivity contribution is 0.362. The van der Waals surface area contributed by atoms with E-state index in [0.717, 1.165) is 19.0 Å². The molecule has 0 spiro atoms. The second-order valence-corrected chi connectivity index (χ2v) is 7.16. The van der Waals surface area contributed by atoms with E-state index in [0.29, 0.717) is 6.04 Å². The highest BCUT2D eigenvalue weighted by Gasteiger charge is 2.26. The molecular formula is C17H29N3. The third-order valence-electron chi connectivity index (χ3n) is 4.38. The Hall–Kier alpha value is -1.09. The van der Waals surface area contributed by atoms with E-state index in [1.165, 1.54) is 24.1 Å². The van der Waals surface area contributed by atoms with Crippen LogP contribution in [0, 0.1) is 5.92 Å². The summed E-state index contributed by atoms with van der Waals surface area (Å²) in [6, 6.07) is 2.75. The van der Waals surface area contributed by atoms with Crippen LogP contribution in [0.25, 0.3) is 0 Å². The molecule has 1 aromatic rings. The maximum Gasteiger partial charge on any atom is 0.0600 e. The molecule has 2 atom stereocenters. The van der Waals surface area contributed by atoms with Gasteiger partial charge in [0.05, 0.1) is 11.9 Å². The molecule has 112 valence electrons. The van der Waals surface area contributed by atoms with Gasteiger partial charge in [-0.15, -0.1) is 0 Å². The highest BCUT2D eigenvalue weighted by Crippen LogP contribution is 2.30. The zero-order valence-corrected chi connectivity index (χ0v) is 13.6. The Morgan fingerprint density at radius 3 is 2.80 bits per heavy atom. The number of hydrogen-bond donors (Lipinski definition) is 1. The maximum absolute atomic E-state index is 4.35. The fourth-order valence-corrected chi connectivity index (χ4v) is 2.86. The van der Waals surface area contributed by atoms with Crippen molar-refractivity contribution in [2.75, 3.05) is 11.4 Å². The molecular weight excluding hydrogens is 246 g/mol. The molecule has 20 heavy (non-hydrogen) atoms. The minimum Gasteiger partial charge on any atom is -0.367 e. The van der Waals surface area contributed by atoms with E-state index in [9.17, 15) is 0 Å².